The molecule has 1 N–H and O–H groups in total. The third kappa shape index (κ3) is 6.52. The highest BCUT2D eigenvalue weighted by Gasteiger charge is 2.22. The number of benzene rings is 2. The van der Waals surface area contributed by atoms with Crippen LogP contribution in [0.3, 0.4) is 0 Å². The number of nitrogens with one attached hydrogen (secondary N) is 1. The number of rotatable bonds is 8. The topological polar surface area (TPSA) is 47.6 Å². The van der Waals surface area contributed by atoms with E-state index in [-0.39, 0.29) is 0 Å². The molecule has 1 aliphatic carbocycles. The molecule has 0 saturated heterocycles. The van der Waals surface area contributed by atoms with Gasteiger partial charge >= 0.3 is 6.09 Å². The van der Waals surface area contributed by atoms with Gasteiger partial charge in [0.05, 0.1) is 13.7 Å². The molecule has 3 rings (SSSR count). The van der Waals surface area contributed by atoms with Crippen molar-refractivity contribution >= 4 is 6.09 Å². The Morgan fingerprint density at radius 1 is 0.966 bits per heavy atom. The lowest BCUT2D eigenvalue weighted by Gasteiger charge is -2.29. The number of carbonyl (C=O) groups is 1. The number of ether oxygens (including phenoxy) is 2. The van der Waals surface area contributed by atoms with Crippen LogP contribution in [0.15, 0.2) is 48.5 Å². The summed E-state index contributed by atoms with van der Waals surface area (Å²) in [5.74, 6) is 2.50. The van der Waals surface area contributed by atoms with Gasteiger partial charge in [0.15, 0.2) is 0 Å². The van der Waals surface area contributed by atoms with Gasteiger partial charge in [-0.15, -0.1) is 0 Å². The summed E-state index contributed by atoms with van der Waals surface area (Å²) in [7, 11) is 1.38. The number of carbonyl (C=O) groups excluding carboxylic acids is 1. The first-order valence-electron chi connectivity index (χ1n) is 10.8. The first kappa shape index (κ1) is 21.2. The molecular formula is C25H33NO3. The number of hydrogen-bond acceptors (Lipinski definition) is 3. The van der Waals surface area contributed by atoms with Crippen LogP contribution in [-0.4, -0.2) is 19.8 Å². The van der Waals surface area contributed by atoms with E-state index in [0.717, 1.165) is 30.3 Å². The van der Waals surface area contributed by atoms with Crippen LogP contribution in [0, 0.1) is 5.92 Å². The summed E-state index contributed by atoms with van der Waals surface area (Å²) in [4.78, 5) is 11.1. The van der Waals surface area contributed by atoms with E-state index in [2.05, 4.69) is 58.6 Å². The summed E-state index contributed by atoms with van der Waals surface area (Å²) >= 11 is 0. The summed E-state index contributed by atoms with van der Waals surface area (Å²) < 4.78 is 10.1. The second kappa shape index (κ2) is 10.9. The second-order valence-corrected chi connectivity index (χ2v) is 7.92. The summed E-state index contributed by atoms with van der Waals surface area (Å²) in [6.45, 7) is 3.24. The van der Waals surface area contributed by atoms with Gasteiger partial charge in [0.25, 0.3) is 0 Å². The molecule has 2 aromatic carbocycles. The fourth-order valence-corrected chi connectivity index (χ4v) is 4.23. The first-order valence-corrected chi connectivity index (χ1v) is 10.8. The van der Waals surface area contributed by atoms with E-state index in [0.29, 0.717) is 12.5 Å². The quantitative estimate of drug-likeness (QED) is 0.610. The van der Waals surface area contributed by atoms with Gasteiger partial charge in [0, 0.05) is 6.54 Å². The minimum Gasteiger partial charge on any atom is -0.494 e. The molecule has 156 valence electrons. The molecule has 0 aliphatic heterocycles. The van der Waals surface area contributed by atoms with E-state index in [1.54, 1.807) is 0 Å². The van der Waals surface area contributed by atoms with Gasteiger partial charge in [-0.1, -0.05) is 36.4 Å². The van der Waals surface area contributed by atoms with Crippen LogP contribution in [0.5, 0.6) is 5.75 Å². The summed E-state index contributed by atoms with van der Waals surface area (Å²) in [6, 6.07) is 17.2. The van der Waals surface area contributed by atoms with Crippen molar-refractivity contribution in [2.24, 2.45) is 5.92 Å². The molecule has 1 amide bonds. The molecule has 0 unspecified atom stereocenters. The van der Waals surface area contributed by atoms with E-state index >= 15 is 0 Å². The highest BCUT2D eigenvalue weighted by molar-refractivity contribution is 5.66. The largest absolute Gasteiger partial charge is 0.494 e. The Balaban J connectivity index is 1.40. The molecule has 0 aromatic heterocycles. The molecule has 0 spiro atoms. The fraction of sp³-hybridized carbons (Fsp3) is 0.480. The van der Waals surface area contributed by atoms with Crippen molar-refractivity contribution in [2.75, 3.05) is 13.7 Å². The SMILES string of the molecule is CCOc1ccc(C2CCC(CCc3ccc(CNC(=O)OC)cc3)CC2)cc1. The zero-order chi connectivity index (χ0) is 20.5. The predicted molar refractivity (Wildman–Crippen MR) is 116 cm³/mol. The Kier molecular flexibility index (Phi) is 7.97. The minimum atomic E-state index is -0.394. The van der Waals surface area contributed by atoms with Crippen LogP contribution in [0.25, 0.3) is 0 Å². The van der Waals surface area contributed by atoms with Gasteiger partial charge in [0.2, 0.25) is 0 Å². The molecule has 4 heteroatoms. The highest BCUT2D eigenvalue weighted by Crippen LogP contribution is 2.37. The molecule has 1 aliphatic rings. The first-order chi connectivity index (χ1) is 14.2. The third-order valence-electron chi connectivity index (χ3n) is 6.00. The minimum absolute atomic E-state index is 0.394. The number of aryl methyl sites for hydroxylation is 1. The zero-order valence-electron chi connectivity index (χ0n) is 17.7. The van der Waals surface area contributed by atoms with Gasteiger partial charge in [0.1, 0.15) is 5.75 Å². The molecule has 1 fully saturated rings. The number of hydrogen-bond donors (Lipinski definition) is 1. The Labute approximate surface area is 174 Å². The third-order valence-corrected chi connectivity index (χ3v) is 6.00. The lowest BCUT2D eigenvalue weighted by Crippen LogP contribution is -2.22. The van der Waals surface area contributed by atoms with Crippen molar-refractivity contribution in [3.05, 3.63) is 65.2 Å². The number of amides is 1. The zero-order valence-corrected chi connectivity index (χ0v) is 17.7. The normalized spacial score (nSPS) is 18.8. The maximum Gasteiger partial charge on any atom is 0.407 e. The van der Waals surface area contributed by atoms with Crippen LogP contribution in [-0.2, 0) is 17.7 Å². The van der Waals surface area contributed by atoms with Crippen LogP contribution in [0.1, 0.15) is 61.6 Å². The van der Waals surface area contributed by atoms with E-state index in [1.165, 1.54) is 50.3 Å². The van der Waals surface area contributed by atoms with Crippen LogP contribution in [0.4, 0.5) is 4.79 Å². The molecule has 0 bridgehead atoms. The van der Waals surface area contributed by atoms with Gasteiger partial charge in [-0.3, -0.25) is 0 Å². The Morgan fingerprint density at radius 2 is 1.62 bits per heavy atom. The van der Waals surface area contributed by atoms with E-state index in [9.17, 15) is 4.79 Å². The Bertz CT molecular complexity index is 747. The fourth-order valence-electron chi connectivity index (χ4n) is 4.23. The average Bonchev–Trinajstić information content (AvgIpc) is 2.78. The maximum atomic E-state index is 11.1. The molecule has 29 heavy (non-hydrogen) atoms. The molecule has 1 saturated carbocycles. The summed E-state index contributed by atoms with van der Waals surface area (Å²) in [6.07, 6.45) is 7.21. The van der Waals surface area contributed by atoms with Crippen LogP contribution in [0.2, 0.25) is 0 Å². The highest BCUT2D eigenvalue weighted by atomic mass is 16.5. The van der Waals surface area contributed by atoms with Gasteiger partial charge in [-0.2, -0.15) is 0 Å². The lowest BCUT2D eigenvalue weighted by atomic mass is 9.77. The summed E-state index contributed by atoms with van der Waals surface area (Å²) in [5, 5.41) is 2.71. The Morgan fingerprint density at radius 3 is 2.24 bits per heavy atom. The van der Waals surface area contributed by atoms with Crippen molar-refractivity contribution in [3.63, 3.8) is 0 Å². The molecule has 4 nitrogen and oxygen atoms in total. The predicted octanol–water partition coefficient (Wildman–Crippen LogP) is 5.85. The maximum absolute atomic E-state index is 11.1. The average molecular weight is 396 g/mol. The van der Waals surface area contributed by atoms with Gasteiger partial charge in [-0.25, -0.2) is 4.79 Å². The molecule has 2 aromatic rings. The van der Waals surface area contributed by atoms with Crippen molar-refractivity contribution in [2.45, 2.75) is 57.9 Å². The number of alkyl carbamates (subject to hydrolysis) is 1. The van der Waals surface area contributed by atoms with E-state index < -0.39 is 6.09 Å². The smallest absolute Gasteiger partial charge is 0.407 e. The second-order valence-electron chi connectivity index (χ2n) is 7.92. The number of methoxy groups -OCH3 is 1. The Hall–Kier alpha value is -2.49. The van der Waals surface area contributed by atoms with E-state index in [4.69, 9.17) is 4.74 Å². The van der Waals surface area contributed by atoms with Gasteiger partial charge in [-0.05, 0) is 86.1 Å². The van der Waals surface area contributed by atoms with Crippen molar-refractivity contribution in [3.8, 4) is 5.75 Å². The lowest BCUT2D eigenvalue weighted by molar-refractivity contribution is 0.170. The van der Waals surface area contributed by atoms with Crippen LogP contribution >= 0.6 is 0 Å². The van der Waals surface area contributed by atoms with Crippen molar-refractivity contribution in [1.29, 1.82) is 0 Å². The monoisotopic (exact) mass is 395 g/mol. The van der Waals surface area contributed by atoms with Gasteiger partial charge < -0.3 is 14.8 Å². The van der Waals surface area contributed by atoms with E-state index in [1.807, 2.05) is 6.92 Å². The standard InChI is InChI=1S/C25H33NO3/c1-3-29-24-16-14-23(15-17-24)22-12-10-20(11-13-22)5-4-19-6-8-21(9-7-19)18-26-25(27)28-2/h6-9,14-17,20,22H,3-5,10-13,18H2,1-2H3,(H,26,27). The summed E-state index contributed by atoms with van der Waals surface area (Å²) in [5.41, 5.74) is 3.93. The molecular weight excluding hydrogens is 362 g/mol. The van der Waals surface area contributed by atoms with Crippen LogP contribution < -0.4 is 10.1 Å². The molecule has 0 heterocycles. The molecule has 0 atom stereocenters. The van der Waals surface area contributed by atoms with Crippen molar-refractivity contribution in [1.82, 2.24) is 5.32 Å². The molecule has 0 radical (unpaired) electrons. The van der Waals surface area contributed by atoms with Crippen molar-refractivity contribution < 1.29 is 14.3 Å².